The summed E-state index contributed by atoms with van der Waals surface area (Å²) in [5.41, 5.74) is 3.45. The second kappa shape index (κ2) is 13.2. The van der Waals surface area contributed by atoms with Gasteiger partial charge in [-0.1, -0.05) is 61.0 Å². The van der Waals surface area contributed by atoms with Crippen LogP contribution >= 0.6 is 0 Å². The van der Waals surface area contributed by atoms with Crippen molar-refractivity contribution in [3.05, 3.63) is 101 Å². The highest BCUT2D eigenvalue weighted by Crippen LogP contribution is 2.37. The van der Waals surface area contributed by atoms with Crippen molar-refractivity contribution >= 4 is 5.97 Å². The predicted octanol–water partition coefficient (Wildman–Crippen LogP) is 6.82. The Bertz CT molecular complexity index is 1040. The third kappa shape index (κ3) is 7.51. The van der Waals surface area contributed by atoms with E-state index in [0.29, 0.717) is 23.4 Å². The monoisotopic (exact) mass is 473 g/mol. The van der Waals surface area contributed by atoms with Crippen LogP contribution in [0.25, 0.3) is 0 Å². The summed E-state index contributed by atoms with van der Waals surface area (Å²) in [5, 5.41) is 9.83. The fourth-order valence-corrected chi connectivity index (χ4v) is 4.74. The number of unbranched alkanes of at least 4 members (excludes halogenated alkanes) is 1. The Morgan fingerprint density at radius 1 is 0.857 bits per heavy atom. The van der Waals surface area contributed by atoms with Gasteiger partial charge in [0, 0.05) is 23.6 Å². The first-order valence-electron chi connectivity index (χ1n) is 12.7. The molecule has 0 heterocycles. The number of aliphatic hydroxyl groups is 1. The van der Waals surface area contributed by atoms with Gasteiger partial charge in [0.25, 0.3) is 0 Å². The van der Waals surface area contributed by atoms with Crippen molar-refractivity contribution in [1.82, 2.24) is 4.90 Å². The summed E-state index contributed by atoms with van der Waals surface area (Å²) in [7, 11) is 0. The van der Waals surface area contributed by atoms with Crippen LogP contribution in [0.4, 0.5) is 0 Å². The van der Waals surface area contributed by atoms with E-state index < -0.39 is 0 Å². The molecule has 3 rings (SSSR count). The highest BCUT2D eigenvalue weighted by Gasteiger charge is 2.22. The number of benzene rings is 3. The van der Waals surface area contributed by atoms with Crippen LogP contribution in [0.1, 0.15) is 79.9 Å². The van der Waals surface area contributed by atoms with Gasteiger partial charge in [-0.2, -0.15) is 0 Å². The van der Waals surface area contributed by atoms with Crippen LogP contribution in [0.2, 0.25) is 0 Å². The summed E-state index contributed by atoms with van der Waals surface area (Å²) < 4.78 is 5.91. The molecule has 35 heavy (non-hydrogen) atoms. The van der Waals surface area contributed by atoms with Crippen LogP contribution < -0.4 is 4.74 Å². The molecule has 0 aliphatic rings. The zero-order valence-electron chi connectivity index (χ0n) is 21.5. The number of rotatable bonds is 12. The lowest BCUT2D eigenvalue weighted by atomic mass is 9.85. The van der Waals surface area contributed by atoms with Crippen molar-refractivity contribution in [2.45, 2.75) is 71.6 Å². The second-order valence-electron chi connectivity index (χ2n) is 9.67. The first-order chi connectivity index (χ1) is 16.9. The molecule has 1 N–H and O–H groups in total. The van der Waals surface area contributed by atoms with Crippen molar-refractivity contribution in [2.75, 3.05) is 6.54 Å². The minimum absolute atomic E-state index is 0.0564. The molecule has 0 spiro atoms. The molecule has 4 heteroatoms. The van der Waals surface area contributed by atoms with E-state index in [1.54, 1.807) is 12.1 Å². The summed E-state index contributed by atoms with van der Waals surface area (Å²) in [6.45, 7) is 10.0. The molecule has 0 radical (unpaired) electrons. The lowest BCUT2D eigenvalue weighted by molar-refractivity contribution is 0.0732. The van der Waals surface area contributed by atoms with E-state index in [2.05, 4.69) is 44.7 Å². The normalized spacial score (nSPS) is 12.3. The van der Waals surface area contributed by atoms with Gasteiger partial charge in [-0.15, -0.1) is 0 Å². The smallest absolute Gasteiger partial charge is 0.343 e. The average Bonchev–Trinajstić information content (AvgIpc) is 2.87. The topological polar surface area (TPSA) is 49.8 Å². The minimum Gasteiger partial charge on any atom is -0.423 e. The van der Waals surface area contributed by atoms with Crippen LogP contribution in [0.15, 0.2) is 78.9 Å². The Morgan fingerprint density at radius 2 is 1.49 bits per heavy atom. The van der Waals surface area contributed by atoms with Crippen molar-refractivity contribution in [1.29, 1.82) is 0 Å². The van der Waals surface area contributed by atoms with Crippen LogP contribution in [0.3, 0.4) is 0 Å². The molecule has 0 aliphatic carbocycles. The van der Waals surface area contributed by atoms with E-state index in [9.17, 15) is 9.90 Å². The van der Waals surface area contributed by atoms with Gasteiger partial charge in [-0.3, -0.25) is 4.90 Å². The van der Waals surface area contributed by atoms with Crippen molar-refractivity contribution in [3.63, 3.8) is 0 Å². The van der Waals surface area contributed by atoms with E-state index >= 15 is 0 Å². The number of hydrogen-bond donors (Lipinski definition) is 1. The highest BCUT2D eigenvalue weighted by atomic mass is 16.5. The number of hydrogen-bond acceptors (Lipinski definition) is 4. The molecule has 0 aromatic heterocycles. The predicted molar refractivity (Wildman–Crippen MR) is 143 cm³/mol. The molecule has 0 aliphatic heterocycles. The summed E-state index contributed by atoms with van der Waals surface area (Å²) in [6.07, 6.45) is 3.07. The van der Waals surface area contributed by atoms with Crippen LogP contribution in [-0.2, 0) is 6.61 Å². The quantitative estimate of drug-likeness (QED) is 0.178. The molecular weight excluding hydrogens is 434 g/mol. The van der Waals surface area contributed by atoms with Gasteiger partial charge in [-0.05, 0) is 82.5 Å². The number of carbonyl (C=O) groups is 1. The molecule has 0 bridgehead atoms. The number of aliphatic hydroxyl groups excluding tert-OH is 1. The summed E-state index contributed by atoms with van der Waals surface area (Å²) in [4.78, 5) is 15.4. The standard InChI is InChI=1S/C31H39NO3/c1-23(2)32(24(3)4)20-12-11-17-28(26-13-7-5-8-14-26)29-21-25(22-33)18-19-30(29)35-31(34)27-15-9-6-10-16-27/h5-10,13-16,18-19,21,23-24,28,33H,11-12,17,20,22H2,1-4H3/t28-/m1/s1. The van der Waals surface area contributed by atoms with E-state index in [-0.39, 0.29) is 18.5 Å². The molecule has 3 aromatic rings. The number of nitrogens with zero attached hydrogens (tertiary/aromatic N) is 1. The van der Waals surface area contributed by atoms with E-state index in [1.807, 2.05) is 54.6 Å². The van der Waals surface area contributed by atoms with Gasteiger partial charge in [0.1, 0.15) is 5.75 Å². The van der Waals surface area contributed by atoms with E-state index in [0.717, 1.165) is 36.9 Å². The lowest BCUT2D eigenvalue weighted by Crippen LogP contribution is -2.37. The Kier molecular flexibility index (Phi) is 10.1. The zero-order chi connectivity index (χ0) is 25.2. The zero-order valence-corrected chi connectivity index (χ0v) is 21.5. The summed E-state index contributed by atoms with van der Waals surface area (Å²) >= 11 is 0. The molecular formula is C31H39NO3. The number of esters is 1. The second-order valence-corrected chi connectivity index (χ2v) is 9.67. The molecule has 0 unspecified atom stereocenters. The maximum absolute atomic E-state index is 12.9. The summed E-state index contributed by atoms with van der Waals surface area (Å²) in [6, 6.07) is 26.1. The molecule has 0 saturated carbocycles. The SMILES string of the molecule is CC(C)N(CCCC[C@H](c1ccccc1)c1cc(CO)ccc1OC(=O)c1ccccc1)C(C)C. The van der Waals surface area contributed by atoms with Crippen LogP contribution in [0.5, 0.6) is 5.75 Å². The Hall–Kier alpha value is -2.95. The molecule has 4 nitrogen and oxygen atoms in total. The van der Waals surface area contributed by atoms with E-state index in [1.165, 1.54) is 5.56 Å². The number of carbonyl (C=O) groups excluding carboxylic acids is 1. The van der Waals surface area contributed by atoms with Crippen molar-refractivity contribution in [2.24, 2.45) is 0 Å². The first-order valence-corrected chi connectivity index (χ1v) is 12.7. The van der Waals surface area contributed by atoms with Crippen molar-refractivity contribution < 1.29 is 14.6 Å². The van der Waals surface area contributed by atoms with Crippen LogP contribution in [0, 0.1) is 0 Å². The fraction of sp³-hybridized carbons (Fsp3) is 0.387. The summed E-state index contributed by atoms with van der Waals surface area (Å²) in [5.74, 6) is 0.239. The molecule has 186 valence electrons. The Morgan fingerprint density at radius 3 is 2.09 bits per heavy atom. The molecule has 0 fully saturated rings. The van der Waals surface area contributed by atoms with Gasteiger partial charge < -0.3 is 9.84 Å². The van der Waals surface area contributed by atoms with Gasteiger partial charge >= 0.3 is 5.97 Å². The largest absolute Gasteiger partial charge is 0.423 e. The van der Waals surface area contributed by atoms with Gasteiger partial charge in [-0.25, -0.2) is 4.79 Å². The minimum atomic E-state index is -0.375. The fourth-order valence-electron chi connectivity index (χ4n) is 4.74. The molecule has 0 saturated heterocycles. The lowest BCUT2D eigenvalue weighted by Gasteiger charge is -2.30. The van der Waals surface area contributed by atoms with Gasteiger partial charge in [0.2, 0.25) is 0 Å². The van der Waals surface area contributed by atoms with Crippen LogP contribution in [-0.4, -0.2) is 34.6 Å². The highest BCUT2D eigenvalue weighted by molar-refractivity contribution is 5.91. The average molecular weight is 474 g/mol. The van der Waals surface area contributed by atoms with E-state index in [4.69, 9.17) is 4.74 Å². The maximum atomic E-state index is 12.9. The Balaban J connectivity index is 1.87. The number of ether oxygens (including phenoxy) is 1. The third-order valence-corrected chi connectivity index (χ3v) is 6.53. The Labute approximate surface area is 210 Å². The van der Waals surface area contributed by atoms with Gasteiger partial charge in [0.05, 0.1) is 12.2 Å². The first kappa shape index (κ1) is 26.7. The maximum Gasteiger partial charge on any atom is 0.343 e. The van der Waals surface area contributed by atoms with Crippen molar-refractivity contribution in [3.8, 4) is 5.75 Å². The molecule has 0 amide bonds. The third-order valence-electron chi connectivity index (χ3n) is 6.53. The van der Waals surface area contributed by atoms with Gasteiger partial charge in [0.15, 0.2) is 0 Å². The molecule has 3 aromatic carbocycles. The molecule has 1 atom stereocenters.